The topological polar surface area (TPSA) is 30.7 Å². The van der Waals surface area contributed by atoms with Crippen molar-refractivity contribution in [1.29, 1.82) is 0 Å². The first-order valence-corrected chi connectivity index (χ1v) is 3.87. The zero-order valence-corrected chi connectivity index (χ0v) is 7.70. The first kappa shape index (κ1) is 8.79. The van der Waals surface area contributed by atoms with Crippen LogP contribution in [0.5, 0.6) is 0 Å². The molecule has 0 unspecified atom stereocenters. The largest absolute Gasteiger partial charge is 0.251 e. The summed E-state index contributed by atoms with van der Waals surface area (Å²) in [7, 11) is 0. The summed E-state index contributed by atoms with van der Waals surface area (Å²) >= 11 is 0. The maximum atomic E-state index is 5.14. The van der Waals surface area contributed by atoms with Crippen LogP contribution in [0.3, 0.4) is 0 Å². The van der Waals surface area contributed by atoms with Crippen molar-refractivity contribution in [3.63, 3.8) is 0 Å². The second-order valence-corrected chi connectivity index (χ2v) is 3.97. The molecule has 0 bridgehead atoms. The molecule has 0 aliphatic rings. The fraction of sp³-hybridized carbons (Fsp3) is 0.556. The van der Waals surface area contributed by atoms with E-state index in [2.05, 4.69) is 36.8 Å². The van der Waals surface area contributed by atoms with Crippen LogP contribution >= 0.6 is 0 Å². The minimum absolute atomic E-state index is 0.208. The Morgan fingerprint density at radius 2 is 2.25 bits per heavy atom. The van der Waals surface area contributed by atoms with Gasteiger partial charge in [0, 0.05) is 6.54 Å². The molecule has 0 amide bonds. The Morgan fingerprint density at radius 3 is 2.67 bits per heavy atom. The standard InChI is InChI=1S/C9H13N3/c1-5-8-10-7-12(11-8)6-9(2,3)4/h1,7H,6H2,2-4H3. The predicted octanol–water partition coefficient (Wildman–Crippen LogP) is 1.31. The quantitative estimate of drug-likeness (QED) is 0.584. The van der Waals surface area contributed by atoms with Gasteiger partial charge >= 0.3 is 0 Å². The molecule has 0 saturated heterocycles. The van der Waals surface area contributed by atoms with Crippen LogP contribution in [-0.2, 0) is 6.54 Å². The highest BCUT2D eigenvalue weighted by molar-refractivity contribution is 5.12. The van der Waals surface area contributed by atoms with Crippen LogP contribution in [0, 0.1) is 17.8 Å². The van der Waals surface area contributed by atoms with Crippen LogP contribution in [0.25, 0.3) is 0 Å². The van der Waals surface area contributed by atoms with Crippen molar-refractivity contribution in [2.45, 2.75) is 27.3 Å². The van der Waals surface area contributed by atoms with E-state index in [9.17, 15) is 0 Å². The summed E-state index contributed by atoms with van der Waals surface area (Å²) in [6, 6.07) is 0. The third-order valence-corrected chi connectivity index (χ3v) is 1.30. The number of hydrogen-bond acceptors (Lipinski definition) is 2. The normalized spacial score (nSPS) is 11.2. The first-order chi connectivity index (χ1) is 5.51. The molecule has 0 spiro atoms. The van der Waals surface area contributed by atoms with E-state index in [1.807, 2.05) is 0 Å². The fourth-order valence-corrected chi connectivity index (χ4v) is 0.923. The Hall–Kier alpha value is -1.30. The molecule has 0 atom stereocenters. The lowest BCUT2D eigenvalue weighted by molar-refractivity contribution is 0.324. The number of rotatable bonds is 1. The summed E-state index contributed by atoms with van der Waals surface area (Å²) in [6.45, 7) is 7.26. The fourth-order valence-electron chi connectivity index (χ4n) is 0.923. The minimum atomic E-state index is 0.208. The van der Waals surface area contributed by atoms with Gasteiger partial charge in [0.1, 0.15) is 6.33 Å². The van der Waals surface area contributed by atoms with Crippen LogP contribution < -0.4 is 0 Å². The van der Waals surface area contributed by atoms with Crippen molar-refractivity contribution in [3.8, 4) is 12.3 Å². The Morgan fingerprint density at radius 1 is 1.58 bits per heavy atom. The number of terminal acetylenes is 1. The maximum Gasteiger partial charge on any atom is 0.225 e. The molecule has 12 heavy (non-hydrogen) atoms. The third-order valence-electron chi connectivity index (χ3n) is 1.30. The van der Waals surface area contributed by atoms with E-state index in [1.54, 1.807) is 11.0 Å². The Balaban J connectivity index is 2.72. The Labute approximate surface area is 72.8 Å². The first-order valence-electron chi connectivity index (χ1n) is 3.87. The van der Waals surface area contributed by atoms with Gasteiger partial charge in [0.2, 0.25) is 5.82 Å². The molecule has 0 N–H and O–H groups in total. The smallest absolute Gasteiger partial charge is 0.225 e. The summed E-state index contributed by atoms with van der Waals surface area (Å²) in [5.41, 5.74) is 0.208. The van der Waals surface area contributed by atoms with Crippen molar-refractivity contribution in [2.75, 3.05) is 0 Å². The molecule has 0 fully saturated rings. The lowest BCUT2D eigenvalue weighted by Crippen LogP contribution is -2.15. The molecule has 0 aromatic carbocycles. The lowest BCUT2D eigenvalue weighted by atomic mass is 9.97. The minimum Gasteiger partial charge on any atom is -0.251 e. The second kappa shape index (κ2) is 2.98. The van der Waals surface area contributed by atoms with E-state index < -0.39 is 0 Å². The van der Waals surface area contributed by atoms with E-state index >= 15 is 0 Å². The zero-order chi connectivity index (χ0) is 9.19. The van der Waals surface area contributed by atoms with E-state index in [4.69, 9.17) is 6.42 Å². The molecule has 0 radical (unpaired) electrons. The molecule has 1 heterocycles. The highest BCUT2D eigenvalue weighted by Gasteiger charge is 2.11. The average molecular weight is 163 g/mol. The highest BCUT2D eigenvalue weighted by atomic mass is 15.3. The van der Waals surface area contributed by atoms with Gasteiger partial charge in [0.15, 0.2) is 0 Å². The van der Waals surface area contributed by atoms with Crippen LogP contribution in [0.1, 0.15) is 26.6 Å². The van der Waals surface area contributed by atoms with Crippen molar-refractivity contribution >= 4 is 0 Å². The van der Waals surface area contributed by atoms with Crippen molar-refractivity contribution in [2.24, 2.45) is 5.41 Å². The van der Waals surface area contributed by atoms with Crippen molar-refractivity contribution in [3.05, 3.63) is 12.2 Å². The molecule has 0 aliphatic heterocycles. The van der Waals surface area contributed by atoms with Gasteiger partial charge in [-0.25, -0.2) is 4.98 Å². The van der Waals surface area contributed by atoms with E-state index in [1.165, 1.54) is 0 Å². The summed E-state index contributed by atoms with van der Waals surface area (Å²) in [6.07, 6.45) is 6.81. The number of aromatic nitrogens is 3. The number of nitrogens with zero attached hydrogens (tertiary/aromatic N) is 3. The molecule has 1 rings (SSSR count). The molecular formula is C9H13N3. The molecule has 0 aliphatic carbocycles. The van der Waals surface area contributed by atoms with Gasteiger partial charge in [-0.15, -0.1) is 11.5 Å². The van der Waals surface area contributed by atoms with E-state index in [0.29, 0.717) is 5.82 Å². The van der Waals surface area contributed by atoms with Gasteiger partial charge in [-0.2, -0.15) is 0 Å². The predicted molar refractivity (Wildman–Crippen MR) is 47.4 cm³/mol. The average Bonchev–Trinajstić information content (AvgIpc) is 2.32. The van der Waals surface area contributed by atoms with E-state index in [-0.39, 0.29) is 5.41 Å². The molecule has 3 nitrogen and oxygen atoms in total. The molecule has 3 heteroatoms. The van der Waals surface area contributed by atoms with Gasteiger partial charge in [-0.05, 0) is 11.3 Å². The van der Waals surface area contributed by atoms with Crippen LogP contribution in [-0.4, -0.2) is 14.8 Å². The van der Waals surface area contributed by atoms with Gasteiger partial charge in [0.05, 0.1) is 0 Å². The van der Waals surface area contributed by atoms with Crippen LogP contribution in [0.4, 0.5) is 0 Å². The molecule has 0 saturated carbocycles. The molecular weight excluding hydrogens is 150 g/mol. The Bertz CT molecular complexity index is 298. The molecule has 64 valence electrons. The van der Waals surface area contributed by atoms with Gasteiger partial charge in [0.25, 0.3) is 0 Å². The monoisotopic (exact) mass is 163 g/mol. The van der Waals surface area contributed by atoms with Crippen molar-refractivity contribution in [1.82, 2.24) is 14.8 Å². The van der Waals surface area contributed by atoms with E-state index in [0.717, 1.165) is 6.54 Å². The number of hydrogen-bond donors (Lipinski definition) is 0. The lowest BCUT2D eigenvalue weighted by Gasteiger charge is -2.16. The van der Waals surface area contributed by atoms with Gasteiger partial charge < -0.3 is 0 Å². The third kappa shape index (κ3) is 2.39. The van der Waals surface area contributed by atoms with Gasteiger partial charge in [-0.1, -0.05) is 20.8 Å². The summed E-state index contributed by atoms with van der Waals surface area (Å²) in [4.78, 5) is 3.93. The summed E-state index contributed by atoms with van der Waals surface area (Å²) in [5, 5.41) is 4.08. The zero-order valence-electron chi connectivity index (χ0n) is 7.70. The molecule has 1 aromatic heterocycles. The molecule has 1 aromatic rings. The van der Waals surface area contributed by atoms with Crippen LogP contribution in [0.2, 0.25) is 0 Å². The maximum absolute atomic E-state index is 5.14. The highest BCUT2D eigenvalue weighted by Crippen LogP contribution is 2.14. The second-order valence-electron chi connectivity index (χ2n) is 3.97. The Kier molecular flexibility index (Phi) is 2.18. The van der Waals surface area contributed by atoms with Crippen molar-refractivity contribution < 1.29 is 0 Å². The summed E-state index contributed by atoms with van der Waals surface area (Å²) in [5.74, 6) is 2.85. The SMILES string of the molecule is C#Cc1ncn(CC(C)(C)C)n1. The van der Waals surface area contributed by atoms with Crippen LogP contribution in [0.15, 0.2) is 6.33 Å². The van der Waals surface area contributed by atoms with Gasteiger partial charge in [-0.3, -0.25) is 4.68 Å². The summed E-state index contributed by atoms with van der Waals surface area (Å²) < 4.78 is 1.77.